The molecule has 8 nitrogen and oxygen atoms in total. The first-order valence-electron chi connectivity index (χ1n) is 8.54. The van der Waals surface area contributed by atoms with E-state index in [2.05, 4.69) is 20.4 Å². The Morgan fingerprint density at radius 3 is 2.96 bits per heavy atom. The number of benzene rings is 1. The van der Waals surface area contributed by atoms with Crippen LogP contribution in [0.3, 0.4) is 0 Å². The lowest BCUT2D eigenvalue weighted by atomic mass is 10.2. The molecule has 3 aromatic rings. The maximum Gasteiger partial charge on any atom is 0.163 e. The summed E-state index contributed by atoms with van der Waals surface area (Å²) in [6.45, 7) is 1.59. The van der Waals surface area contributed by atoms with Crippen LogP contribution in [0.2, 0.25) is 0 Å². The fourth-order valence-electron chi connectivity index (χ4n) is 2.95. The highest BCUT2D eigenvalue weighted by Gasteiger charge is 2.20. The van der Waals surface area contributed by atoms with Crippen molar-refractivity contribution >= 4 is 16.9 Å². The van der Waals surface area contributed by atoms with Gasteiger partial charge in [-0.15, -0.1) is 0 Å². The minimum atomic E-state index is 0.00192. The van der Waals surface area contributed by atoms with Gasteiger partial charge in [-0.1, -0.05) is 12.1 Å². The van der Waals surface area contributed by atoms with Gasteiger partial charge >= 0.3 is 0 Å². The Morgan fingerprint density at radius 1 is 1.27 bits per heavy atom. The van der Waals surface area contributed by atoms with Gasteiger partial charge in [-0.05, 0) is 12.1 Å². The van der Waals surface area contributed by atoms with Crippen LogP contribution < -0.4 is 14.8 Å². The molecular weight excluding hydrogens is 334 g/mol. The van der Waals surface area contributed by atoms with E-state index in [4.69, 9.17) is 14.2 Å². The Bertz CT molecular complexity index is 911. The van der Waals surface area contributed by atoms with Crippen molar-refractivity contribution in [2.24, 2.45) is 7.05 Å². The average Bonchev–Trinajstić information content (AvgIpc) is 3.03. The second-order valence-electron chi connectivity index (χ2n) is 6.14. The van der Waals surface area contributed by atoms with Gasteiger partial charge in [-0.2, -0.15) is 5.10 Å². The molecule has 1 aliphatic rings. The molecule has 1 atom stereocenters. The zero-order chi connectivity index (χ0) is 17.9. The monoisotopic (exact) mass is 355 g/mol. The first-order chi connectivity index (χ1) is 12.7. The van der Waals surface area contributed by atoms with Gasteiger partial charge in [0.25, 0.3) is 0 Å². The Kier molecular flexibility index (Phi) is 4.57. The van der Waals surface area contributed by atoms with E-state index in [0.29, 0.717) is 25.6 Å². The van der Waals surface area contributed by atoms with Gasteiger partial charge in [0, 0.05) is 27.1 Å². The normalized spacial score (nSPS) is 16.0. The summed E-state index contributed by atoms with van der Waals surface area (Å²) >= 11 is 0. The summed E-state index contributed by atoms with van der Waals surface area (Å²) in [4.78, 5) is 9.04. The van der Waals surface area contributed by atoms with Crippen LogP contribution in [0.15, 0.2) is 30.5 Å². The topological polar surface area (TPSA) is 83.3 Å². The molecule has 136 valence electrons. The molecule has 4 rings (SSSR count). The van der Waals surface area contributed by atoms with Crippen molar-refractivity contribution in [3.8, 4) is 11.5 Å². The van der Waals surface area contributed by atoms with Crippen LogP contribution in [0.25, 0.3) is 11.0 Å². The third-order valence-corrected chi connectivity index (χ3v) is 4.24. The van der Waals surface area contributed by atoms with E-state index < -0.39 is 0 Å². The molecule has 0 radical (unpaired) electrons. The molecule has 3 heterocycles. The summed E-state index contributed by atoms with van der Waals surface area (Å²) in [6.07, 6.45) is 2.56. The van der Waals surface area contributed by atoms with Crippen LogP contribution >= 0.6 is 0 Å². The SMILES string of the molecule is COCc1nc(NCC[C@@H]2COc3ccccc3O2)c2cnn(C)c2n1. The van der Waals surface area contributed by atoms with Crippen LogP contribution in [-0.4, -0.2) is 46.1 Å². The predicted molar refractivity (Wildman–Crippen MR) is 96.5 cm³/mol. The lowest BCUT2D eigenvalue weighted by molar-refractivity contribution is 0.0873. The number of nitrogens with one attached hydrogen (secondary N) is 1. The molecule has 0 unspecified atom stereocenters. The van der Waals surface area contributed by atoms with Gasteiger partial charge in [-0.25, -0.2) is 9.97 Å². The smallest absolute Gasteiger partial charge is 0.163 e. The standard InChI is InChI=1S/C18H21N5O3/c1-23-18-13(9-20-23)17(21-16(22-18)11-24-2)19-8-7-12-10-25-14-5-3-4-6-15(14)26-12/h3-6,9,12H,7-8,10-11H2,1-2H3,(H,19,21,22)/t12-/m1/s1. The minimum Gasteiger partial charge on any atom is -0.486 e. The fraction of sp³-hybridized carbons (Fsp3) is 0.389. The molecule has 0 aliphatic carbocycles. The Morgan fingerprint density at radius 2 is 2.12 bits per heavy atom. The molecule has 2 aromatic heterocycles. The number of aryl methyl sites for hydroxylation is 1. The van der Waals surface area contributed by atoms with Crippen LogP contribution in [-0.2, 0) is 18.4 Å². The first kappa shape index (κ1) is 16.6. The molecule has 0 fully saturated rings. The molecule has 8 heteroatoms. The zero-order valence-electron chi connectivity index (χ0n) is 14.8. The van der Waals surface area contributed by atoms with Crippen molar-refractivity contribution in [1.82, 2.24) is 19.7 Å². The maximum atomic E-state index is 5.99. The van der Waals surface area contributed by atoms with E-state index in [1.165, 1.54) is 0 Å². The molecular formula is C18H21N5O3. The van der Waals surface area contributed by atoms with E-state index >= 15 is 0 Å². The number of methoxy groups -OCH3 is 1. The fourth-order valence-corrected chi connectivity index (χ4v) is 2.95. The van der Waals surface area contributed by atoms with Crippen molar-refractivity contribution in [3.63, 3.8) is 0 Å². The molecule has 0 spiro atoms. The predicted octanol–water partition coefficient (Wildman–Crippen LogP) is 2.15. The summed E-state index contributed by atoms with van der Waals surface area (Å²) in [5.41, 5.74) is 0.778. The molecule has 0 amide bonds. The number of para-hydroxylation sites is 2. The summed E-state index contributed by atoms with van der Waals surface area (Å²) in [5.74, 6) is 2.97. The summed E-state index contributed by atoms with van der Waals surface area (Å²) < 4.78 is 18.6. The average molecular weight is 355 g/mol. The van der Waals surface area contributed by atoms with Gasteiger partial charge in [0.2, 0.25) is 0 Å². The van der Waals surface area contributed by atoms with Crippen molar-refractivity contribution in [2.75, 3.05) is 25.6 Å². The van der Waals surface area contributed by atoms with Crippen molar-refractivity contribution < 1.29 is 14.2 Å². The number of rotatable bonds is 6. The quantitative estimate of drug-likeness (QED) is 0.725. The molecule has 26 heavy (non-hydrogen) atoms. The van der Waals surface area contributed by atoms with Gasteiger partial charge in [0.05, 0.1) is 11.6 Å². The van der Waals surface area contributed by atoms with Crippen molar-refractivity contribution in [2.45, 2.75) is 19.1 Å². The number of anilines is 1. The molecule has 1 N–H and O–H groups in total. The van der Waals surface area contributed by atoms with Gasteiger partial charge in [0.15, 0.2) is 23.0 Å². The molecule has 1 aromatic carbocycles. The van der Waals surface area contributed by atoms with Gasteiger partial charge in [-0.3, -0.25) is 4.68 Å². The Balaban J connectivity index is 1.43. The van der Waals surface area contributed by atoms with Crippen LogP contribution in [0.4, 0.5) is 5.82 Å². The van der Waals surface area contributed by atoms with Crippen molar-refractivity contribution in [1.29, 1.82) is 0 Å². The summed E-state index contributed by atoms with van der Waals surface area (Å²) in [6, 6.07) is 7.73. The Hall–Kier alpha value is -2.87. The van der Waals surface area contributed by atoms with Crippen LogP contribution in [0.1, 0.15) is 12.2 Å². The maximum absolute atomic E-state index is 5.99. The number of aromatic nitrogens is 4. The lowest BCUT2D eigenvalue weighted by Crippen LogP contribution is -2.31. The van der Waals surface area contributed by atoms with E-state index in [-0.39, 0.29) is 6.10 Å². The number of ether oxygens (including phenoxy) is 3. The number of fused-ring (bicyclic) bond motifs is 2. The summed E-state index contributed by atoms with van der Waals surface area (Å²) in [5, 5.41) is 8.53. The first-order valence-corrected chi connectivity index (χ1v) is 8.54. The second-order valence-corrected chi connectivity index (χ2v) is 6.14. The van der Waals surface area contributed by atoms with Gasteiger partial charge in [0.1, 0.15) is 25.1 Å². The van der Waals surface area contributed by atoms with E-state index in [1.54, 1.807) is 18.0 Å². The van der Waals surface area contributed by atoms with Gasteiger partial charge < -0.3 is 19.5 Å². The second kappa shape index (κ2) is 7.17. The molecule has 0 saturated heterocycles. The lowest BCUT2D eigenvalue weighted by Gasteiger charge is -2.26. The number of hydrogen-bond acceptors (Lipinski definition) is 7. The highest BCUT2D eigenvalue weighted by Crippen LogP contribution is 2.31. The van der Waals surface area contributed by atoms with Crippen LogP contribution in [0.5, 0.6) is 11.5 Å². The highest BCUT2D eigenvalue weighted by atomic mass is 16.6. The largest absolute Gasteiger partial charge is 0.486 e. The van der Waals surface area contributed by atoms with E-state index in [9.17, 15) is 0 Å². The molecule has 0 bridgehead atoms. The third-order valence-electron chi connectivity index (χ3n) is 4.24. The van der Waals surface area contributed by atoms with E-state index in [1.807, 2.05) is 31.3 Å². The highest BCUT2D eigenvalue weighted by molar-refractivity contribution is 5.86. The Labute approximate surface area is 151 Å². The summed E-state index contributed by atoms with van der Waals surface area (Å²) in [7, 11) is 3.49. The minimum absolute atomic E-state index is 0.00192. The zero-order valence-corrected chi connectivity index (χ0v) is 14.8. The van der Waals surface area contributed by atoms with Crippen LogP contribution in [0, 0.1) is 0 Å². The van der Waals surface area contributed by atoms with Crippen molar-refractivity contribution in [3.05, 3.63) is 36.3 Å². The molecule has 0 saturated carbocycles. The van der Waals surface area contributed by atoms with E-state index in [0.717, 1.165) is 34.8 Å². The number of hydrogen-bond donors (Lipinski definition) is 1. The molecule has 1 aliphatic heterocycles. The number of nitrogens with zero attached hydrogens (tertiary/aromatic N) is 4. The third kappa shape index (κ3) is 3.28.